The lowest BCUT2D eigenvalue weighted by molar-refractivity contribution is -0.157. The van der Waals surface area contributed by atoms with Crippen LogP contribution in [-0.2, 0) is 19.1 Å². The van der Waals surface area contributed by atoms with Gasteiger partial charge in [-0.3, -0.25) is 9.59 Å². The van der Waals surface area contributed by atoms with Gasteiger partial charge in [0, 0.05) is 13.0 Å². The van der Waals surface area contributed by atoms with Gasteiger partial charge in [-0.15, -0.1) is 0 Å². The lowest BCUT2D eigenvalue weighted by atomic mass is 10.0. The van der Waals surface area contributed by atoms with E-state index in [9.17, 15) is 14.4 Å². The number of esters is 1. The SMILES string of the molecule is CCOC(=O)CCC(=O)N(CC)C(C)(C)C(=O)O. The summed E-state index contributed by atoms with van der Waals surface area (Å²) in [4.78, 5) is 35.3. The van der Waals surface area contributed by atoms with Gasteiger partial charge in [0.1, 0.15) is 5.54 Å². The Kier molecular flexibility index (Phi) is 6.36. The number of carbonyl (C=O) groups excluding carboxylic acids is 2. The zero-order valence-corrected chi connectivity index (χ0v) is 11.4. The molecular formula is C12H21NO5. The molecule has 0 aromatic rings. The van der Waals surface area contributed by atoms with Crippen LogP contribution in [0.15, 0.2) is 0 Å². The molecule has 0 fully saturated rings. The lowest BCUT2D eigenvalue weighted by Crippen LogP contribution is -2.52. The molecule has 0 saturated heterocycles. The number of carbonyl (C=O) groups is 3. The molecular weight excluding hydrogens is 238 g/mol. The first-order valence-electron chi connectivity index (χ1n) is 5.96. The molecule has 0 unspecified atom stereocenters. The summed E-state index contributed by atoms with van der Waals surface area (Å²) in [6.07, 6.45) is -0.0672. The molecule has 0 bridgehead atoms. The number of hydrogen-bond acceptors (Lipinski definition) is 4. The number of hydrogen-bond donors (Lipinski definition) is 1. The van der Waals surface area contributed by atoms with Gasteiger partial charge in [-0.2, -0.15) is 0 Å². The smallest absolute Gasteiger partial charge is 0.329 e. The molecule has 6 heteroatoms. The predicted octanol–water partition coefficient (Wildman–Crippen LogP) is 1.04. The summed E-state index contributed by atoms with van der Waals surface area (Å²) in [5.41, 5.74) is -1.28. The molecule has 1 amide bonds. The Balaban J connectivity index is 4.55. The Hall–Kier alpha value is -1.59. The van der Waals surface area contributed by atoms with E-state index < -0.39 is 17.5 Å². The van der Waals surface area contributed by atoms with E-state index in [1.54, 1.807) is 13.8 Å². The lowest BCUT2D eigenvalue weighted by Gasteiger charge is -2.34. The molecule has 6 nitrogen and oxygen atoms in total. The molecule has 18 heavy (non-hydrogen) atoms. The number of carboxylic acids is 1. The van der Waals surface area contributed by atoms with Crippen LogP contribution in [0.1, 0.15) is 40.5 Å². The molecule has 1 N–H and O–H groups in total. The van der Waals surface area contributed by atoms with E-state index in [-0.39, 0.29) is 31.9 Å². The van der Waals surface area contributed by atoms with E-state index in [1.807, 2.05) is 0 Å². The third kappa shape index (κ3) is 4.35. The van der Waals surface area contributed by atoms with Crippen LogP contribution in [-0.4, -0.2) is 46.5 Å². The molecule has 0 aliphatic carbocycles. The second kappa shape index (κ2) is 6.98. The summed E-state index contributed by atoms with van der Waals surface area (Å²) < 4.78 is 4.71. The summed E-state index contributed by atoms with van der Waals surface area (Å²) in [7, 11) is 0. The molecule has 104 valence electrons. The van der Waals surface area contributed by atoms with Crippen LogP contribution >= 0.6 is 0 Å². The molecule has 0 aromatic heterocycles. The zero-order chi connectivity index (χ0) is 14.3. The highest BCUT2D eigenvalue weighted by molar-refractivity contribution is 5.87. The summed E-state index contributed by atoms with van der Waals surface area (Å²) in [6, 6.07) is 0. The molecule has 0 radical (unpaired) electrons. The first-order valence-corrected chi connectivity index (χ1v) is 5.96. The van der Waals surface area contributed by atoms with Crippen LogP contribution in [0, 0.1) is 0 Å². The Morgan fingerprint density at radius 2 is 1.72 bits per heavy atom. The average molecular weight is 259 g/mol. The van der Waals surface area contributed by atoms with E-state index in [4.69, 9.17) is 9.84 Å². The first-order chi connectivity index (χ1) is 8.27. The van der Waals surface area contributed by atoms with Crippen LogP contribution in [0.25, 0.3) is 0 Å². The first kappa shape index (κ1) is 16.4. The standard InChI is InChI=1S/C12H21NO5/c1-5-13(12(3,4)11(16)17)9(14)7-8-10(15)18-6-2/h5-8H2,1-4H3,(H,16,17). The fourth-order valence-corrected chi connectivity index (χ4v) is 1.58. The number of rotatable bonds is 7. The monoisotopic (exact) mass is 259 g/mol. The molecule has 0 aromatic carbocycles. The Labute approximate surface area is 107 Å². The second-order valence-corrected chi connectivity index (χ2v) is 4.31. The zero-order valence-electron chi connectivity index (χ0n) is 11.4. The van der Waals surface area contributed by atoms with Gasteiger partial charge < -0.3 is 14.7 Å². The van der Waals surface area contributed by atoms with Crippen molar-refractivity contribution < 1.29 is 24.2 Å². The summed E-state index contributed by atoms with van der Waals surface area (Å²) in [6.45, 7) is 6.85. The van der Waals surface area contributed by atoms with Crippen LogP contribution in [0.3, 0.4) is 0 Å². The fourth-order valence-electron chi connectivity index (χ4n) is 1.58. The highest BCUT2D eigenvalue weighted by Gasteiger charge is 2.36. The van der Waals surface area contributed by atoms with Gasteiger partial charge in [0.2, 0.25) is 5.91 Å². The molecule has 0 rings (SSSR count). The second-order valence-electron chi connectivity index (χ2n) is 4.31. The van der Waals surface area contributed by atoms with Gasteiger partial charge in [-0.25, -0.2) is 4.79 Å². The Bertz CT molecular complexity index is 324. The maximum absolute atomic E-state index is 11.9. The Morgan fingerprint density at radius 1 is 1.17 bits per heavy atom. The van der Waals surface area contributed by atoms with E-state index >= 15 is 0 Å². The number of ether oxygens (including phenoxy) is 1. The van der Waals surface area contributed by atoms with Gasteiger partial charge in [-0.05, 0) is 27.7 Å². The third-order valence-electron chi connectivity index (χ3n) is 2.66. The number of aliphatic carboxylic acids is 1. The number of likely N-dealkylation sites (N-methyl/N-ethyl adjacent to an activating group) is 1. The van der Waals surface area contributed by atoms with E-state index in [2.05, 4.69) is 0 Å². The molecule has 0 atom stereocenters. The molecule has 0 aliphatic rings. The highest BCUT2D eigenvalue weighted by Crippen LogP contribution is 2.16. The Morgan fingerprint density at radius 3 is 2.11 bits per heavy atom. The van der Waals surface area contributed by atoms with Crippen molar-refractivity contribution in [1.82, 2.24) is 4.90 Å². The van der Waals surface area contributed by atoms with Crippen LogP contribution in [0.4, 0.5) is 0 Å². The molecule has 0 aliphatic heterocycles. The van der Waals surface area contributed by atoms with Gasteiger partial charge in [0.05, 0.1) is 13.0 Å². The van der Waals surface area contributed by atoms with Crippen LogP contribution < -0.4 is 0 Å². The van der Waals surface area contributed by atoms with Crippen LogP contribution in [0.2, 0.25) is 0 Å². The summed E-state index contributed by atoms with van der Waals surface area (Å²) >= 11 is 0. The normalized spacial score (nSPS) is 10.9. The number of carboxylic acid groups (broad SMARTS) is 1. The maximum atomic E-state index is 11.9. The predicted molar refractivity (Wildman–Crippen MR) is 65.0 cm³/mol. The maximum Gasteiger partial charge on any atom is 0.329 e. The van der Waals surface area contributed by atoms with Crippen molar-refractivity contribution in [3.8, 4) is 0 Å². The van der Waals surface area contributed by atoms with E-state index in [1.165, 1.54) is 18.7 Å². The van der Waals surface area contributed by atoms with Crippen molar-refractivity contribution in [2.24, 2.45) is 0 Å². The van der Waals surface area contributed by atoms with Crippen molar-refractivity contribution in [2.75, 3.05) is 13.2 Å². The largest absolute Gasteiger partial charge is 0.480 e. The fraction of sp³-hybridized carbons (Fsp3) is 0.750. The van der Waals surface area contributed by atoms with Crippen molar-refractivity contribution in [3.05, 3.63) is 0 Å². The quantitative estimate of drug-likeness (QED) is 0.691. The number of amides is 1. The highest BCUT2D eigenvalue weighted by atomic mass is 16.5. The van der Waals surface area contributed by atoms with E-state index in [0.717, 1.165) is 0 Å². The van der Waals surface area contributed by atoms with Gasteiger partial charge >= 0.3 is 11.9 Å². The van der Waals surface area contributed by atoms with Crippen molar-refractivity contribution in [3.63, 3.8) is 0 Å². The summed E-state index contributed by atoms with van der Waals surface area (Å²) in [5.74, 6) is -1.89. The number of nitrogens with zero attached hydrogens (tertiary/aromatic N) is 1. The minimum atomic E-state index is -1.28. The minimum Gasteiger partial charge on any atom is -0.480 e. The third-order valence-corrected chi connectivity index (χ3v) is 2.66. The van der Waals surface area contributed by atoms with Crippen molar-refractivity contribution >= 4 is 17.8 Å². The van der Waals surface area contributed by atoms with Gasteiger partial charge in [-0.1, -0.05) is 0 Å². The van der Waals surface area contributed by atoms with Gasteiger partial charge in [0.15, 0.2) is 0 Å². The minimum absolute atomic E-state index is 0.0289. The molecule has 0 heterocycles. The van der Waals surface area contributed by atoms with Gasteiger partial charge in [0.25, 0.3) is 0 Å². The van der Waals surface area contributed by atoms with Crippen molar-refractivity contribution in [1.29, 1.82) is 0 Å². The van der Waals surface area contributed by atoms with Crippen molar-refractivity contribution in [2.45, 2.75) is 46.1 Å². The van der Waals surface area contributed by atoms with Crippen LogP contribution in [0.5, 0.6) is 0 Å². The topological polar surface area (TPSA) is 83.9 Å². The van der Waals surface area contributed by atoms with E-state index in [0.29, 0.717) is 0 Å². The summed E-state index contributed by atoms with van der Waals surface area (Å²) in [5, 5.41) is 9.07. The average Bonchev–Trinajstić information content (AvgIpc) is 2.27. The molecule has 0 spiro atoms. The molecule has 0 saturated carbocycles.